The molecule has 0 bridgehead atoms. The summed E-state index contributed by atoms with van der Waals surface area (Å²) in [6.45, 7) is 5.16. The molecular formula is C18H21FN2O4S. The summed E-state index contributed by atoms with van der Waals surface area (Å²) >= 11 is 5.27. The van der Waals surface area contributed by atoms with Crippen molar-refractivity contribution in [1.29, 1.82) is 0 Å². The maximum Gasteiger partial charge on any atom is 0.226 e. The second-order valence-corrected chi connectivity index (χ2v) is 6.79. The van der Waals surface area contributed by atoms with Gasteiger partial charge < -0.3 is 19.7 Å². The van der Waals surface area contributed by atoms with Gasteiger partial charge in [0, 0.05) is 11.8 Å². The van der Waals surface area contributed by atoms with E-state index in [-0.39, 0.29) is 4.77 Å². The zero-order valence-electron chi connectivity index (χ0n) is 14.7. The molecule has 2 aromatic rings. The largest absolute Gasteiger partial charge is 0.438 e. The lowest BCUT2D eigenvalue weighted by atomic mass is 10.1. The lowest BCUT2D eigenvalue weighted by Gasteiger charge is -2.19. The van der Waals surface area contributed by atoms with Gasteiger partial charge in [-0.1, -0.05) is 18.2 Å². The van der Waals surface area contributed by atoms with Crippen molar-refractivity contribution in [2.24, 2.45) is 0 Å². The molecule has 0 spiro atoms. The predicted molar refractivity (Wildman–Crippen MR) is 95.7 cm³/mol. The average molecular weight is 380 g/mol. The van der Waals surface area contributed by atoms with Crippen LogP contribution in [0.1, 0.15) is 22.9 Å². The summed E-state index contributed by atoms with van der Waals surface area (Å²) in [5, 5.41) is 19.0. The predicted octanol–water partition coefficient (Wildman–Crippen LogP) is 2.92. The second kappa shape index (κ2) is 7.40. The number of hydrogen-bond acceptors (Lipinski definition) is 6. The Balaban J connectivity index is 1.94. The van der Waals surface area contributed by atoms with Gasteiger partial charge in [-0.2, -0.15) is 4.98 Å². The molecule has 6 nitrogen and oxygen atoms in total. The zero-order chi connectivity index (χ0) is 19.0. The number of aliphatic hydroxyl groups excluding tert-OH is 2. The fourth-order valence-electron chi connectivity index (χ4n) is 2.97. The average Bonchev–Trinajstić information content (AvgIpc) is 2.89. The van der Waals surface area contributed by atoms with Gasteiger partial charge in [0.1, 0.15) is 18.0 Å². The number of alkyl halides is 1. The number of para-hydroxylation sites is 1. The third kappa shape index (κ3) is 3.37. The molecular weight excluding hydrogens is 359 g/mol. The van der Waals surface area contributed by atoms with Crippen LogP contribution in [0, 0.1) is 25.5 Å². The summed E-state index contributed by atoms with van der Waals surface area (Å²) in [6.07, 6.45) is -3.69. The first-order valence-corrected chi connectivity index (χ1v) is 8.66. The van der Waals surface area contributed by atoms with Crippen molar-refractivity contribution < 1.29 is 24.1 Å². The van der Waals surface area contributed by atoms with Crippen LogP contribution in [-0.2, 0) is 4.74 Å². The highest BCUT2D eigenvalue weighted by atomic mass is 32.1. The summed E-state index contributed by atoms with van der Waals surface area (Å²) in [5.74, 6) is 1.03. The molecule has 2 N–H and O–H groups in total. The second-order valence-electron chi connectivity index (χ2n) is 6.42. The van der Waals surface area contributed by atoms with E-state index in [1.165, 1.54) is 4.57 Å². The van der Waals surface area contributed by atoms with Gasteiger partial charge in [0.15, 0.2) is 12.4 Å². The van der Waals surface area contributed by atoms with Crippen molar-refractivity contribution in [3.8, 4) is 11.6 Å². The van der Waals surface area contributed by atoms with Crippen LogP contribution in [0.5, 0.6) is 11.6 Å². The number of ether oxygens (including phenoxy) is 2. The molecule has 140 valence electrons. The molecule has 0 radical (unpaired) electrons. The molecule has 2 heterocycles. The molecule has 1 fully saturated rings. The number of rotatable bonds is 4. The van der Waals surface area contributed by atoms with Crippen molar-refractivity contribution in [3.05, 3.63) is 45.9 Å². The summed E-state index contributed by atoms with van der Waals surface area (Å²) in [4.78, 5) is 4.27. The molecule has 1 saturated heterocycles. The molecule has 1 aliphatic heterocycles. The smallest absolute Gasteiger partial charge is 0.226 e. The molecule has 3 rings (SSSR count). The van der Waals surface area contributed by atoms with Crippen molar-refractivity contribution in [3.63, 3.8) is 0 Å². The van der Waals surface area contributed by atoms with Crippen LogP contribution in [0.15, 0.2) is 24.4 Å². The summed E-state index contributed by atoms with van der Waals surface area (Å²) in [5.41, 5.74) is 2.57. The van der Waals surface area contributed by atoms with Crippen LogP contribution in [0.2, 0.25) is 0 Å². The monoisotopic (exact) mass is 380 g/mol. The molecule has 1 aromatic carbocycles. The van der Waals surface area contributed by atoms with Gasteiger partial charge in [-0.3, -0.25) is 4.57 Å². The molecule has 0 amide bonds. The first-order chi connectivity index (χ1) is 12.3. The van der Waals surface area contributed by atoms with Gasteiger partial charge in [0.2, 0.25) is 10.7 Å². The lowest BCUT2D eigenvalue weighted by molar-refractivity contribution is -0.0485. The number of aromatic nitrogens is 2. The molecule has 0 aliphatic carbocycles. The molecule has 8 heteroatoms. The van der Waals surface area contributed by atoms with Crippen molar-refractivity contribution in [1.82, 2.24) is 9.55 Å². The number of aryl methyl sites for hydroxylation is 3. The maximum absolute atomic E-state index is 14.4. The molecule has 4 atom stereocenters. The molecule has 0 saturated carbocycles. The Morgan fingerprint density at radius 2 is 1.92 bits per heavy atom. The highest BCUT2D eigenvalue weighted by Crippen LogP contribution is 2.34. The van der Waals surface area contributed by atoms with E-state index in [4.69, 9.17) is 21.7 Å². The highest BCUT2D eigenvalue weighted by Gasteiger charge is 2.45. The quantitative estimate of drug-likeness (QED) is 0.795. The number of hydrogen-bond donors (Lipinski definition) is 2. The number of benzene rings is 1. The SMILES string of the molecule is Cc1cn(C2OC(CO)C(O)C2F)c(=S)nc1Oc1c(C)cccc1C. The van der Waals surface area contributed by atoms with E-state index in [2.05, 4.69) is 4.98 Å². The van der Waals surface area contributed by atoms with E-state index in [0.717, 1.165) is 11.1 Å². The molecule has 1 aliphatic rings. The normalized spacial score (nSPS) is 25.5. The van der Waals surface area contributed by atoms with Crippen LogP contribution in [-0.4, -0.2) is 44.8 Å². The first kappa shape index (κ1) is 18.9. The Bertz CT molecular complexity index is 853. The van der Waals surface area contributed by atoms with Gasteiger partial charge in [-0.05, 0) is 44.1 Å². The van der Waals surface area contributed by atoms with Crippen LogP contribution >= 0.6 is 12.2 Å². The van der Waals surface area contributed by atoms with Gasteiger partial charge >= 0.3 is 0 Å². The van der Waals surface area contributed by atoms with E-state index < -0.39 is 31.2 Å². The maximum atomic E-state index is 14.4. The van der Waals surface area contributed by atoms with Crippen LogP contribution < -0.4 is 4.74 Å². The Morgan fingerprint density at radius 3 is 2.50 bits per heavy atom. The number of halogens is 1. The molecule has 26 heavy (non-hydrogen) atoms. The first-order valence-electron chi connectivity index (χ1n) is 8.25. The minimum atomic E-state index is -1.72. The molecule has 1 aromatic heterocycles. The van der Waals surface area contributed by atoms with Gasteiger partial charge in [0.05, 0.1) is 6.61 Å². The van der Waals surface area contributed by atoms with Crippen LogP contribution in [0.25, 0.3) is 0 Å². The van der Waals surface area contributed by atoms with Crippen LogP contribution in [0.4, 0.5) is 4.39 Å². The third-order valence-electron chi connectivity index (χ3n) is 4.44. The van der Waals surface area contributed by atoms with E-state index in [0.29, 0.717) is 17.2 Å². The van der Waals surface area contributed by atoms with E-state index in [9.17, 15) is 14.6 Å². The standard InChI is InChI=1S/C18H21FN2O4S/c1-9-5-4-6-10(2)15(9)25-16-11(3)7-21(18(26)20-16)17-13(19)14(23)12(8-22)24-17/h4-7,12-14,17,22-23H,8H2,1-3H3. The van der Waals surface area contributed by atoms with E-state index >= 15 is 0 Å². The fraction of sp³-hybridized carbons (Fsp3) is 0.444. The number of nitrogens with zero attached hydrogens (tertiary/aromatic N) is 2. The summed E-state index contributed by atoms with van der Waals surface area (Å²) in [7, 11) is 0. The van der Waals surface area contributed by atoms with Crippen molar-refractivity contribution in [2.45, 2.75) is 45.4 Å². The zero-order valence-corrected chi connectivity index (χ0v) is 15.5. The summed E-state index contributed by atoms with van der Waals surface area (Å²) in [6, 6.07) is 5.81. The highest BCUT2D eigenvalue weighted by molar-refractivity contribution is 7.71. The fourth-order valence-corrected chi connectivity index (χ4v) is 3.21. The summed E-state index contributed by atoms with van der Waals surface area (Å²) < 4.78 is 27.1. The van der Waals surface area contributed by atoms with Crippen molar-refractivity contribution >= 4 is 12.2 Å². The van der Waals surface area contributed by atoms with E-state index in [1.807, 2.05) is 32.0 Å². The molecule has 4 unspecified atom stereocenters. The minimum Gasteiger partial charge on any atom is -0.438 e. The minimum absolute atomic E-state index is 0.0651. The third-order valence-corrected chi connectivity index (χ3v) is 4.75. The van der Waals surface area contributed by atoms with E-state index in [1.54, 1.807) is 13.1 Å². The van der Waals surface area contributed by atoms with Gasteiger partial charge in [-0.25, -0.2) is 4.39 Å². The topological polar surface area (TPSA) is 76.7 Å². The Labute approximate surface area is 155 Å². The Morgan fingerprint density at radius 1 is 1.27 bits per heavy atom. The number of aliphatic hydroxyl groups is 2. The van der Waals surface area contributed by atoms with Gasteiger partial charge in [0.25, 0.3) is 0 Å². The Hall–Kier alpha value is -1.87. The Kier molecular flexibility index (Phi) is 5.38. The lowest BCUT2D eigenvalue weighted by Crippen LogP contribution is -2.30. The van der Waals surface area contributed by atoms with Crippen LogP contribution in [0.3, 0.4) is 0 Å². The van der Waals surface area contributed by atoms with Crippen molar-refractivity contribution in [2.75, 3.05) is 6.61 Å². The van der Waals surface area contributed by atoms with Gasteiger partial charge in [-0.15, -0.1) is 0 Å².